The molecule has 27 heavy (non-hydrogen) atoms. The highest BCUT2D eigenvalue weighted by molar-refractivity contribution is 6.36. The average Bonchev–Trinajstić information content (AvgIpc) is 2.63. The number of nitrogens with one attached hydrogen (secondary N) is 1. The lowest BCUT2D eigenvalue weighted by molar-refractivity contribution is -0.142. The normalized spacial score (nSPS) is 10.3. The summed E-state index contributed by atoms with van der Waals surface area (Å²) in [5, 5.41) is 2.96. The van der Waals surface area contributed by atoms with Gasteiger partial charge in [-0.1, -0.05) is 23.2 Å². The van der Waals surface area contributed by atoms with Crippen LogP contribution in [-0.2, 0) is 9.53 Å². The number of carbonyl (C=O) groups is 3. The Morgan fingerprint density at radius 1 is 1.04 bits per heavy atom. The molecule has 5 nitrogen and oxygen atoms in total. The minimum absolute atomic E-state index is 0.0311. The van der Waals surface area contributed by atoms with Crippen molar-refractivity contribution in [3.8, 4) is 0 Å². The molecule has 0 aliphatic rings. The van der Waals surface area contributed by atoms with E-state index in [1.54, 1.807) is 0 Å². The first kappa shape index (κ1) is 20.9. The lowest BCUT2D eigenvalue weighted by Crippen LogP contribution is -2.31. The van der Waals surface area contributed by atoms with E-state index in [1.165, 1.54) is 42.5 Å². The van der Waals surface area contributed by atoms with Gasteiger partial charge in [0.25, 0.3) is 5.91 Å². The van der Waals surface area contributed by atoms with Gasteiger partial charge >= 0.3 is 5.97 Å². The van der Waals surface area contributed by atoms with Crippen LogP contribution >= 0.6 is 23.2 Å². The number of amides is 1. The quantitative estimate of drug-likeness (QED) is 0.403. The number of halogens is 3. The smallest absolute Gasteiger partial charge is 0.325 e. The largest absolute Gasteiger partial charge is 0.464 e. The van der Waals surface area contributed by atoms with Crippen molar-refractivity contribution in [3.63, 3.8) is 0 Å². The molecule has 0 bridgehead atoms. The van der Waals surface area contributed by atoms with Gasteiger partial charge in [0.2, 0.25) is 0 Å². The van der Waals surface area contributed by atoms with Crippen LogP contribution in [0.15, 0.2) is 42.5 Å². The van der Waals surface area contributed by atoms with Gasteiger partial charge in [-0.3, -0.25) is 14.4 Å². The van der Waals surface area contributed by atoms with Crippen molar-refractivity contribution in [2.75, 3.05) is 13.2 Å². The molecule has 0 heterocycles. The zero-order valence-electron chi connectivity index (χ0n) is 14.1. The molecule has 0 aliphatic carbocycles. The molecule has 8 heteroatoms. The molecule has 0 fully saturated rings. The topological polar surface area (TPSA) is 72.5 Å². The van der Waals surface area contributed by atoms with Gasteiger partial charge in [0.15, 0.2) is 5.78 Å². The van der Waals surface area contributed by atoms with Crippen LogP contribution in [-0.4, -0.2) is 30.8 Å². The van der Waals surface area contributed by atoms with E-state index in [2.05, 4.69) is 5.32 Å². The van der Waals surface area contributed by atoms with E-state index in [0.29, 0.717) is 17.0 Å². The van der Waals surface area contributed by atoms with Crippen molar-refractivity contribution in [1.29, 1.82) is 0 Å². The fraction of sp³-hybridized carbons (Fsp3) is 0.211. The highest BCUT2D eigenvalue weighted by Gasteiger charge is 2.13. The van der Waals surface area contributed by atoms with E-state index in [0.717, 1.165) is 0 Å². The monoisotopic (exact) mass is 411 g/mol. The molecule has 0 spiro atoms. The Morgan fingerprint density at radius 2 is 1.74 bits per heavy atom. The Bertz CT molecular complexity index is 840. The zero-order valence-corrected chi connectivity index (χ0v) is 15.6. The summed E-state index contributed by atoms with van der Waals surface area (Å²) in [5.74, 6) is -1.75. The van der Waals surface area contributed by atoms with Crippen LogP contribution in [0.2, 0.25) is 10.0 Å². The SMILES string of the molecule is O=C(CNC(=O)c1ccc(Cl)cc1Cl)OCCCC(=O)c1ccc(F)cc1. The molecule has 2 aromatic carbocycles. The zero-order chi connectivity index (χ0) is 19.8. The fourth-order valence-electron chi connectivity index (χ4n) is 2.17. The summed E-state index contributed by atoms with van der Waals surface area (Å²) in [5.41, 5.74) is 0.591. The predicted molar refractivity (Wildman–Crippen MR) is 99.7 cm³/mol. The molecule has 0 aromatic heterocycles. The fourth-order valence-corrected chi connectivity index (χ4v) is 2.67. The molecule has 0 aliphatic heterocycles. The maximum absolute atomic E-state index is 12.8. The summed E-state index contributed by atoms with van der Waals surface area (Å²) >= 11 is 11.7. The van der Waals surface area contributed by atoms with Gasteiger partial charge in [-0.15, -0.1) is 0 Å². The number of hydrogen-bond acceptors (Lipinski definition) is 4. The number of rotatable bonds is 8. The Kier molecular flexibility index (Phi) is 7.76. The maximum atomic E-state index is 12.8. The van der Waals surface area contributed by atoms with Gasteiger partial charge in [-0.25, -0.2) is 4.39 Å². The van der Waals surface area contributed by atoms with Crippen molar-refractivity contribution in [1.82, 2.24) is 5.32 Å². The molecule has 0 unspecified atom stereocenters. The highest BCUT2D eigenvalue weighted by Crippen LogP contribution is 2.20. The first-order valence-corrected chi connectivity index (χ1v) is 8.80. The van der Waals surface area contributed by atoms with Gasteiger partial charge in [-0.2, -0.15) is 0 Å². The molecule has 0 saturated heterocycles. The minimum Gasteiger partial charge on any atom is -0.464 e. The van der Waals surface area contributed by atoms with Crippen molar-refractivity contribution < 1.29 is 23.5 Å². The van der Waals surface area contributed by atoms with Crippen LogP contribution in [0.3, 0.4) is 0 Å². The van der Waals surface area contributed by atoms with Gasteiger partial charge < -0.3 is 10.1 Å². The lowest BCUT2D eigenvalue weighted by atomic mass is 10.1. The molecule has 1 amide bonds. The van der Waals surface area contributed by atoms with E-state index < -0.39 is 17.7 Å². The van der Waals surface area contributed by atoms with Crippen LogP contribution in [0.1, 0.15) is 33.6 Å². The maximum Gasteiger partial charge on any atom is 0.325 e. The van der Waals surface area contributed by atoms with Crippen molar-refractivity contribution >= 4 is 40.9 Å². The Morgan fingerprint density at radius 3 is 2.41 bits per heavy atom. The van der Waals surface area contributed by atoms with Crippen LogP contribution < -0.4 is 5.32 Å². The summed E-state index contributed by atoms with van der Waals surface area (Å²) in [4.78, 5) is 35.5. The van der Waals surface area contributed by atoms with Crippen LogP contribution in [0.4, 0.5) is 4.39 Å². The second-order valence-corrected chi connectivity index (χ2v) is 6.40. The van der Waals surface area contributed by atoms with Crippen molar-refractivity contribution in [3.05, 3.63) is 69.5 Å². The van der Waals surface area contributed by atoms with Crippen molar-refractivity contribution in [2.45, 2.75) is 12.8 Å². The molecule has 0 radical (unpaired) electrons. The van der Waals surface area contributed by atoms with E-state index in [4.69, 9.17) is 27.9 Å². The van der Waals surface area contributed by atoms with E-state index >= 15 is 0 Å². The molecule has 2 rings (SSSR count). The molecular formula is C19H16Cl2FNO4. The van der Waals surface area contributed by atoms with Crippen molar-refractivity contribution in [2.24, 2.45) is 0 Å². The number of Topliss-reactive ketones (excluding diaryl/α,β-unsaturated/α-hetero) is 1. The van der Waals surface area contributed by atoms with Crippen LogP contribution in [0.25, 0.3) is 0 Å². The molecule has 0 atom stereocenters. The van der Waals surface area contributed by atoms with E-state index in [1.807, 2.05) is 0 Å². The highest BCUT2D eigenvalue weighted by atomic mass is 35.5. The van der Waals surface area contributed by atoms with Crippen LogP contribution in [0, 0.1) is 5.82 Å². The van der Waals surface area contributed by atoms with E-state index in [-0.39, 0.29) is 35.9 Å². The second kappa shape index (κ2) is 10.0. The summed E-state index contributed by atoms with van der Waals surface area (Å²) < 4.78 is 17.8. The summed E-state index contributed by atoms with van der Waals surface area (Å²) in [6.07, 6.45) is 0.477. The summed E-state index contributed by atoms with van der Waals surface area (Å²) in [6.45, 7) is -0.299. The van der Waals surface area contributed by atoms with Gasteiger partial charge in [0, 0.05) is 17.0 Å². The van der Waals surface area contributed by atoms with Crippen LogP contribution in [0.5, 0.6) is 0 Å². The molecule has 0 saturated carbocycles. The first-order valence-electron chi connectivity index (χ1n) is 8.04. The number of ether oxygens (including phenoxy) is 1. The lowest BCUT2D eigenvalue weighted by Gasteiger charge is -2.08. The summed E-state index contributed by atoms with van der Waals surface area (Å²) in [7, 11) is 0. The minimum atomic E-state index is -0.636. The molecule has 1 N–H and O–H groups in total. The number of benzene rings is 2. The molecular weight excluding hydrogens is 396 g/mol. The number of hydrogen-bond donors (Lipinski definition) is 1. The first-order chi connectivity index (χ1) is 12.9. The Labute approximate surface area is 165 Å². The average molecular weight is 412 g/mol. The Balaban J connectivity index is 1.68. The number of carbonyl (C=O) groups excluding carboxylic acids is 3. The third-order valence-corrected chi connectivity index (χ3v) is 4.09. The molecule has 2 aromatic rings. The Hall–Kier alpha value is -2.44. The predicted octanol–water partition coefficient (Wildman–Crippen LogP) is 4.07. The third kappa shape index (κ3) is 6.66. The van der Waals surface area contributed by atoms with Gasteiger partial charge in [0.1, 0.15) is 12.4 Å². The number of esters is 1. The summed E-state index contributed by atoms with van der Waals surface area (Å²) in [6, 6.07) is 9.62. The molecule has 142 valence electrons. The van der Waals surface area contributed by atoms with Gasteiger partial charge in [0.05, 0.1) is 17.2 Å². The second-order valence-electron chi connectivity index (χ2n) is 5.56. The van der Waals surface area contributed by atoms with E-state index in [9.17, 15) is 18.8 Å². The number of ketones is 1. The third-order valence-electron chi connectivity index (χ3n) is 3.55. The standard InChI is InChI=1S/C19H16Cl2FNO4/c20-13-5-8-15(16(21)10-13)19(26)23-11-18(25)27-9-1-2-17(24)12-3-6-14(22)7-4-12/h3-8,10H,1-2,9,11H2,(H,23,26). The van der Waals surface area contributed by atoms with Gasteiger partial charge in [-0.05, 0) is 48.9 Å².